The number of benzene rings is 1. The highest BCUT2D eigenvalue weighted by molar-refractivity contribution is 5.91. The van der Waals surface area contributed by atoms with Crippen LogP contribution in [0.1, 0.15) is 18.4 Å². The van der Waals surface area contributed by atoms with E-state index in [0.29, 0.717) is 25.9 Å². The Morgan fingerprint density at radius 1 is 1.31 bits per heavy atom. The molecule has 7 nitrogen and oxygen atoms in total. The van der Waals surface area contributed by atoms with E-state index in [1.54, 1.807) is 4.90 Å². The first-order valence-electron chi connectivity index (χ1n) is 9.06. The Kier molecular flexibility index (Phi) is 5.36. The Hall–Kier alpha value is -2.28. The molecule has 7 heteroatoms. The number of amides is 1. The van der Waals surface area contributed by atoms with Gasteiger partial charge in [0.25, 0.3) is 0 Å². The third-order valence-corrected chi connectivity index (χ3v) is 5.26. The summed E-state index contributed by atoms with van der Waals surface area (Å²) in [7, 11) is 3.98. The summed E-state index contributed by atoms with van der Waals surface area (Å²) >= 11 is 0. The van der Waals surface area contributed by atoms with E-state index >= 15 is 0 Å². The van der Waals surface area contributed by atoms with Crippen molar-refractivity contribution in [3.63, 3.8) is 0 Å². The Morgan fingerprint density at radius 3 is 2.58 bits per heavy atom. The Bertz CT molecular complexity index is 683. The van der Waals surface area contributed by atoms with Gasteiger partial charge in [-0.2, -0.15) is 0 Å². The van der Waals surface area contributed by atoms with Gasteiger partial charge in [-0.15, -0.1) is 0 Å². The molecule has 0 aromatic heterocycles. The molecule has 0 bridgehead atoms. The Morgan fingerprint density at radius 2 is 2.00 bits per heavy atom. The molecule has 26 heavy (non-hydrogen) atoms. The van der Waals surface area contributed by atoms with E-state index in [1.807, 2.05) is 38.1 Å². The fourth-order valence-corrected chi connectivity index (χ4v) is 3.68. The first-order valence-corrected chi connectivity index (χ1v) is 9.06. The van der Waals surface area contributed by atoms with Crippen LogP contribution in [0, 0.1) is 12.8 Å². The van der Waals surface area contributed by atoms with E-state index in [4.69, 9.17) is 9.84 Å². The van der Waals surface area contributed by atoms with Crippen LogP contribution in [0.2, 0.25) is 0 Å². The van der Waals surface area contributed by atoms with Crippen LogP contribution < -0.4 is 9.80 Å². The first kappa shape index (κ1) is 18.5. The molecular weight excluding hydrogens is 334 g/mol. The summed E-state index contributed by atoms with van der Waals surface area (Å²) in [5.74, 6) is -0.952. The zero-order valence-corrected chi connectivity index (χ0v) is 15.6. The molecule has 0 radical (unpaired) electrons. The van der Waals surface area contributed by atoms with Crippen LogP contribution >= 0.6 is 0 Å². The van der Waals surface area contributed by atoms with Gasteiger partial charge in [-0.1, -0.05) is 0 Å². The number of anilines is 2. The van der Waals surface area contributed by atoms with Gasteiger partial charge < -0.3 is 14.7 Å². The first-order chi connectivity index (χ1) is 12.3. The van der Waals surface area contributed by atoms with E-state index < -0.39 is 5.97 Å². The van der Waals surface area contributed by atoms with Gasteiger partial charge >= 0.3 is 12.1 Å². The number of ether oxygens (including phenoxy) is 1. The van der Waals surface area contributed by atoms with Gasteiger partial charge in [0.15, 0.2) is 0 Å². The zero-order valence-electron chi connectivity index (χ0n) is 15.6. The standard InChI is InChI=1S/C19H27N3O4/c1-13-10-15(20(2)3)4-5-17(13)22-12-16(26-19(22)25)11-21-8-6-14(7-9-21)18(23)24/h4-5,10,14,16H,6-9,11-12H2,1-3H3,(H,23,24). The molecule has 2 fully saturated rings. The molecule has 142 valence electrons. The lowest BCUT2D eigenvalue weighted by molar-refractivity contribution is -0.143. The lowest BCUT2D eigenvalue weighted by Crippen LogP contribution is -2.41. The Labute approximate surface area is 154 Å². The molecule has 1 N–H and O–H groups in total. The van der Waals surface area contributed by atoms with Gasteiger partial charge in [-0.3, -0.25) is 14.6 Å². The van der Waals surface area contributed by atoms with Crippen LogP contribution in [0.5, 0.6) is 0 Å². The second kappa shape index (κ2) is 7.53. The SMILES string of the molecule is Cc1cc(N(C)C)ccc1N1CC(CN2CCC(C(=O)O)CC2)OC1=O. The molecule has 0 aliphatic carbocycles. The topological polar surface area (TPSA) is 73.3 Å². The lowest BCUT2D eigenvalue weighted by atomic mass is 9.97. The summed E-state index contributed by atoms with van der Waals surface area (Å²) < 4.78 is 5.56. The monoisotopic (exact) mass is 361 g/mol. The number of cyclic esters (lactones) is 1. The van der Waals surface area contributed by atoms with Crippen LogP contribution in [-0.4, -0.2) is 68.4 Å². The van der Waals surface area contributed by atoms with Crippen molar-refractivity contribution in [3.8, 4) is 0 Å². The van der Waals surface area contributed by atoms with E-state index in [2.05, 4.69) is 11.0 Å². The molecule has 2 aliphatic heterocycles. The van der Waals surface area contributed by atoms with Gasteiger partial charge in [0.2, 0.25) is 0 Å². The molecule has 1 amide bonds. The van der Waals surface area contributed by atoms with Crippen LogP contribution in [0.15, 0.2) is 18.2 Å². The molecular formula is C19H27N3O4. The van der Waals surface area contributed by atoms with Crippen molar-refractivity contribution >= 4 is 23.4 Å². The molecule has 0 saturated carbocycles. The van der Waals surface area contributed by atoms with Gasteiger partial charge in [0.05, 0.1) is 18.2 Å². The van der Waals surface area contributed by atoms with Gasteiger partial charge in [0, 0.05) is 26.3 Å². The van der Waals surface area contributed by atoms with Crippen molar-refractivity contribution in [1.29, 1.82) is 0 Å². The molecule has 1 aromatic carbocycles. The molecule has 1 aromatic rings. The number of piperidine rings is 1. The predicted octanol–water partition coefficient (Wildman–Crippen LogP) is 2.18. The highest BCUT2D eigenvalue weighted by Crippen LogP contribution is 2.29. The third kappa shape index (κ3) is 3.93. The number of carboxylic acid groups (broad SMARTS) is 1. The number of likely N-dealkylation sites (tertiary alicyclic amines) is 1. The number of aliphatic carboxylic acids is 1. The second-order valence-corrected chi connectivity index (χ2v) is 7.39. The van der Waals surface area contributed by atoms with Gasteiger partial charge in [-0.25, -0.2) is 4.79 Å². The molecule has 3 rings (SSSR count). The number of nitrogens with zero attached hydrogens (tertiary/aromatic N) is 3. The summed E-state index contributed by atoms with van der Waals surface area (Å²) in [6.07, 6.45) is 0.822. The minimum atomic E-state index is -0.709. The fourth-order valence-electron chi connectivity index (χ4n) is 3.68. The maximum Gasteiger partial charge on any atom is 0.414 e. The summed E-state index contributed by atoms with van der Waals surface area (Å²) in [5.41, 5.74) is 3.01. The van der Waals surface area contributed by atoms with Crippen molar-refractivity contribution in [2.45, 2.75) is 25.9 Å². The second-order valence-electron chi connectivity index (χ2n) is 7.39. The van der Waals surface area contributed by atoms with E-state index in [9.17, 15) is 9.59 Å². The highest BCUT2D eigenvalue weighted by atomic mass is 16.6. The molecule has 0 spiro atoms. The van der Waals surface area contributed by atoms with Crippen molar-refractivity contribution in [2.24, 2.45) is 5.92 Å². The van der Waals surface area contributed by atoms with Crippen molar-refractivity contribution in [2.75, 3.05) is 50.1 Å². The number of carbonyl (C=O) groups is 2. The van der Waals surface area contributed by atoms with Crippen LogP contribution in [0.3, 0.4) is 0 Å². The van der Waals surface area contributed by atoms with Gasteiger partial charge in [-0.05, 0) is 56.6 Å². The van der Waals surface area contributed by atoms with Crippen LogP contribution in [0.25, 0.3) is 0 Å². The number of hydrogen-bond donors (Lipinski definition) is 1. The number of carbonyl (C=O) groups excluding carboxylic acids is 1. The molecule has 1 unspecified atom stereocenters. The maximum absolute atomic E-state index is 12.3. The number of rotatable bonds is 5. The largest absolute Gasteiger partial charge is 0.481 e. The summed E-state index contributed by atoms with van der Waals surface area (Å²) in [4.78, 5) is 29.3. The van der Waals surface area contributed by atoms with Crippen LogP contribution in [-0.2, 0) is 9.53 Å². The molecule has 2 aliphatic rings. The maximum atomic E-state index is 12.3. The average molecular weight is 361 g/mol. The number of aryl methyl sites for hydroxylation is 1. The minimum Gasteiger partial charge on any atom is -0.481 e. The normalized spacial score (nSPS) is 21.7. The molecule has 2 saturated heterocycles. The average Bonchev–Trinajstić information content (AvgIpc) is 2.95. The van der Waals surface area contributed by atoms with E-state index in [-0.39, 0.29) is 18.1 Å². The van der Waals surface area contributed by atoms with Crippen molar-refractivity contribution in [3.05, 3.63) is 23.8 Å². The minimum absolute atomic E-state index is 0.184. The summed E-state index contributed by atoms with van der Waals surface area (Å²) in [6, 6.07) is 6.03. The predicted molar refractivity (Wildman–Crippen MR) is 99.9 cm³/mol. The van der Waals surface area contributed by atoms with E-state index in [1.165, 1.54) is 0 Å². The van der Waals surface area contributed by atoms with Gasteiger partial charge in [0.1, 0.15) is 6.10 Å². The van der Waals surface area contributed by atoms with E-state index in [0.717, 1.165) is 30.0 Å². The molecule has 1 atom stereocenters. The fraction of sp³-hybridized carbons (Fsp3) is 0.579. The van der Waals surface area contributed by atoms with Crippen molar-refractivity contribution < 1.29 is 19.4 Å². The smallest absolute Gasteiger partial charge is 0.414 e. The molecule has 2 heterocycles. The van der Waals surface area contributed by atoms with Crippen LogP contribution in [0.4, 0.5) is 16.2 Å². The van der Waals surface area contributed by atoms with Crippen molar-refractivity contribution in [1.82, 2.24) is 4.90 Å². The quantitative estimate of drug-likeness (QED) is 0.867. The summed E-state index contributed by atoms with van der Waals surface area (Å²) in [5, 5.41) is 9.09. The third-order valence-electron chi connectivity index (χ3n) is 5.26. The Balaban J connectivity index is 1.60. The number of carboxylic acids is 1. The summed E-state index contributed by atoms with van der Waals surface area (Å²) in [6.45, 7) is 4.66. The number of hydrogen-bond acceptors (Lipinski definition) is 5. The zero-order chi connectivity index (χ0) is 18.8. The highest BCUT2D eigenvalue weighted by Gasteiger charge is 2.35. The lowest BCUT2D eigenvalue weighted by Gasteiger charge is -2.31.